The lowest BCUT2D eigenvalue weighted by Gasteiger charge is -2.18. The number of nitrogens with one attached hydrogen (secondary N) is 4. The van der Waals surface area contributed by atoms with E-state index in [0.717, 1.165) is 52.8 Å². The van der Waals surface area contributed by atoms with Crippen LogP contribution >= 0.6 is 0 Å². The second-order valence-corrected chi connectivity index (χ2v) is 14.9. The summed E-state index contributed by atoms with van der Waals surface area (Å²) in [5, 5.41) is 4.97. The van der Waals surface area contributed by atoms with Gasteiger partial charge in [-0.25, -0.2) is 0 Å². The van der Waals surface area contributed by atoms with E-state index in [0.29, 0.717) is 13.2 Å². The molecular weight excluding hydrogens is 701 g/mol. The molecule has 0 atom stereocenters. The Kier molecular flexibility index (Phi) is 9.28. The molecule has 280 valence electrons. The minimum atomic E-state index is 0.0722. The summed E-state index contributed by atoms with van der Waals surface area (Å²) in [5.74, 6) is 1.93. The van der Waals surface area contributed by atoms with Gasteiger partial charge in [0.1, 0.15) is 11.5 Å². The van der Waals surface area contributed by atoms with Gasteiger partial charge in [-0.3, -0.25) is 0 Å². The maximum atomic E-state index is 6.22. The third-order valence-corrected chi connectivity index (χ3v) is 11.5. The molecule has 6 heteroatoms. The Balaban J connectivity index is 0.758. The molecule has 6 nitrogen and oxygen atoms in total. The molecule has 0 spiro atoms. The number of fused-ring (bicyclic) bond motifs is 4. The molecule has 4 N–H and O–H groups in total. The van der Waals surface area contributed by atoms with Crippen LogP contribution in [0.2, 0.25) is 0 Å². The zero-order chi connectivity index (χ0) is 38.0. The number of aromatic nitrogens is 4. The van der Waals surface area contributed by atoms with E-state index < -0.39 is 0 Å². The minimum Gasteiger partial charge on any atom is -0.494 e. The quantitative estimate of drug-likeness (QED) is 0.0836. The second-order valence-electron chi connectivity index (χ2n) is 14.9. The lowest BCUT2D eigenvalue weighted by Crippen LogP contribution is -2.04. The first-order valence-corrected chi connectivity index (χ1v) is 20.0. The Morgan fingerprint density at radius 3 is 0.947 bits per heavy atom. The van der Waals surface area contributed by atoms with Gasteiger partial charge in [0.2, 0.25) is 0 Å². The Morgan fingerprint density at radius 2 is 0.632 bits per heavy atom. The van der Waals surface area contributed by atoms with Crippen molar-refractivity contribution in [2.45, 2.75) is 31.1 Å². The molecule has 0 saturated carbocycles. The van der Waals surface area contributed by atoms with Gasteiger partial charge in [-0.15, -0.1) is 0 Å². The number of unbranched alkanes of at least 4 members (excludes halogenated alkanes) is 2. The summed E-state index contributed by atoms with van der Waals surface area (Å²) in [5.41, 5.74) is 12.1. The van der Waals surface area contributed by atoms with Crippen molar-refractivity contribution in [2.24, 2.45) is 0 Å². The predicted octanol–water partition coefficient (Wildman–Crippen LogP) is 12.6. The summed E-state index contributed by atoms with van der Waals surface area (Å²) in [6, 6.07) is 51.4. The van der Waals surface area contributed by atoms with Crippen molar-refractivity contribution in [1.82, 2.24) is 19.9 Å². The van der Waals surface area contributed by atoms with E-state index in [4.69, 9.17) is 9.47 Å². The summed E-state index contributed by atoms with van der Waals surface area (Å²) in [6.45, 7) is 1.34. The van der Waals surface area contributed by atoms with Gasteiger partial charge in [0.25, 0.3) is 0 Å². The molecule has 4 aromatic heterocycles. The normalized spacial score (nSPS) is 11.8. The van der Waals surface area contributed by atoms with Gasteiger partial charge in [0.05, 0.1) is 13.2 Å². The zero-order valence-corrected chi connectivity index (χ0v) is 31.7. The van der Waals surface area contributed by atoms with Crippen molar-refractivity contribution in [3.8, 4) is 11.5 Å². The highest BCUT2D eigenvalue weighted by atomic mass is 16.5. The molecule has 0 aliphatic heterocycles. The molecule has 0 radical (unpaired) electrons. The molecule has 10 rings (SSSR count). The largest absolute Gasteiger partial charge is 0.494 e. The van der Waals surface area contributed by atoms with Crippen LogP contribution in [0.15, 0.2) is 170 Å². The van der Waals surface area contributed by atoms with Crippen molar-refractivity contribution in [1.29, 1.82) is 0 Å². The number of para-hydroxylation sites is 4. The van der Waals surface area contributed by atoms with Gasteiger partial charge in [-0.2, -0.15) is 0 Å². The van der Waals surface area contributed by atoms with Crippen LogP contribution in [0.1, 0.15) is 64.5 Å². The van der Waals surface area contributed by atoms with Crippen LogP contribution in [-0.4, -0.2) is 33.1 Å². The fourth-order valence-electron chi connectivity index (χ4n) is 8.66. The van der Waals surface area contributed by atoms with Crippen molar-refractivity contribution in [3.05, 3.63) is 204 Å². The first kappa shape index (κ1) is 34.6. The van der Waals surface area contributed by atoms with Crippen LogP contribution in [0.25, 0.3) is 43.6 Å². The number of aromatic amines is 4. The number of rotatable bonds is 14. The van der Waals surface area contributed by atoms with Crippen LogP contribution in [-0.2, 0) is 0 Å². The molecule has 0 aliphatic carbocycles. The maximum Gasteiger partial charge on any atom is 0.119 e. The Hall–Kier alpha value is -6.92. The van der Waals surface area contributed by atoms with E-state index in [1.54, 1.807) is 0 Å². The topological polar surface area (TPSA) is 81.6 Å². The van der Waals surface area contributed by atoms with Crippen LogP contribution < -0.4 is 9.47 Å². The SMILES string of the molecule is c1ccc2c(C(c3ccc(OCCCCCOc4ccc(C(c5c[nH]c6ccccc56)c5c[nH]c6ccccc56)cc4)cc3)c3c[nH]c4ccccc34)c[nH]c2c1. The Morgan fingerprint density at radius 1 is 0.333 bits per heavy atom. The fraction of sp³-hybridized carbons (Fsp3) is 0.137. The number of ether oxygens (including phenoxy) is 2. The van der Waals surface area contributed by atoms with Gasteiger partial charge in [0, 0.05) is 80.2 Å². The minimum absolute atomic E-state index is 0.0722. The van der Waals surface area contributed by atoms with Crippen LogP contribution in [0.4, 0.5) is 0 Å². The van der Waals surface area contributed by atoms with E-state index in [9.17, 15) is 0 Å². The van der Waals surface area contributed by atoms with E-state index in [1.807, 2.05) is 0 Å². The molecule has 0 amide bonds. The van der Waals surface area contributed by atoms with Crippen LogP contribution in [0, 0.1) is 0 Å². The van der Waals surface area contributed by atoms with Gasteiger partial charge >= 0.3 is 0 Å². The average Bonchev–Trinajstić information content (AvgIpc) is 4.08. The number of H-pyrrole nitrogens is 4. The average molecular weight is 745 g/mol. The van der Waals surface area contributed by atoms with Crippen molar-refractivity contribution in [3.63, 3.8) is 0 Å². The van der Waals surface area contributed by atoms with Gasteiger partial charge in [-0.05, 0) is 101 Å². The first-order chi connectivity index (χ1) is 28.3. The number of hydrogen-bond acceptors (Lipinski definition) is 2. The zero-order valence-electron chi connectivity index (χ0n) is 31.7. The fourth-order valence-corrected chi connectivity index (χ4v) is 8.66. The molecule has 0 aliphatic rings. The molecule has 0 saturated heterocycles. The van der Waals surface area contributed by atoms with Crippen LogP contribution in [0.3, 0.4) is 0 Å². The molecule has 4 heterocycles. The highest BCUT2D eigenvalue weighted by molar-refractivity contribution is 5.90. The van der Waals surface area contributed by atoms with Gasteiger partial charge < -0.3 is 29.4 Å². The third kappa shape index (κ3) is 6.74. The van der Waals surface area contributed by atoms with Crippen LogP contribution in [0.5, 0.6) is 11.5 Å². The van der Waals surface area contributed by atoms with E-state index in [-0.39, 0.29) is 11.8 Å². The first-order valence-electron chi connectivity index (χ1n) is 20.0. The summed E-state index contributed by atoms with van der Waals surface area (Å²) in [6.07, 6.45) is 11.6. The highest BCUT2D eigenvalue weighted by Crippen LogP contribution is 2.41. The summed E-state index contributed by atoms with van der Waals surface area (Å²) in [4.78, 5) is 14.0. The van der Waals surface area contributed by atoms with E-state index in [1.165, 1.54) is 54.9 Å². The summed E-state index contributed by atoms with van der Waals surface area (Å²) < 4.78 is 12.4. The molecule has 0 unspecified atom stereocenters. The van der Waals surface area contributed by atoms with Crippen molar-refractivity contribution < 1.29 is 9.47 Å². The highest BCUT2D eigenvalue weighted by Gasteiger charge is 2.25. The number of hydrogen-bond donors (Lipinski definition) is 4. The molecule has 0 bridgehead atoms. The molecular formula is C51H44N4O2. The number of benzene rings is 6. The predicted molar refractivity (Wildman–Crippen MR) is 233 cm³/mol. The van der Waals surface area contributed by atoms with Gasteiger partial charge in [-0.1, -0.05) is 97.1 Å². The Labute approximate surface area is 331 Å². The third-order valence-electron chi connectivity index (χ3n) is 11.5. The molecule has 10 aromatic rings. The maximum absolute atomic E-state index is 6.22. The molecule has 0 fully saturated rings. The second kappa shape index (κ2) is 15.3. The smallest absolute Gasteiger partial charge is 0.119 e. The molecule has 57 heavy (non-hydrogen) atoms. The lowest BCUT2D eigenvalue weighted by atomic mass is 9.85. The van der Waals surface area contributed by atoms with Crippen molar-refractivity contribution in [2.75, 3.05) is 13.2 Å². The standard InChI is InChI=1S/C51H44N4O2/c1(10-28-56-36-24-20-34(21-25-36)50(42-30-52-46-16-6-2-12-38(42)46)43-31-53-47-17-7-3-13-39(43)47)11-29-57-37-26-22-35(23-27-37)51(44-32-54-48-18-8-4-14-40(44)48)45-33-55-49-19-9-5-15-41(45)49/h2-9,12-27,30-33,50-55H,1,10-11,28-29H2. The monoisotopic (exact) mass is 744 g/mol. The van der Waals surface area contributed by atoms with Gasteiger partial charge in [0.15, 0.2) is 0 Å². The van der Waals surface area contributed by atoms with Crippen molar-refractivity contribution >= 4 is 43.6 Å². The molecule has 6 aromatic carbocycles. The Bertz CT molecular complexity index is 2560. The lowest BCUT2D eigenvalue weighted by molar-refractivity contribution is 0.279. The summed E-state index contributed by atoms with van der Waals surface area (Å²) >= 11 is 0. The van der Waals surface area contributed by atoms with E-state index >= 15 is 0 Å². The summed E-state index contributed by atoms with van der Waals surface area (Å²) in [7, 11) is 0. The van der Waals surface area contributed by atoms with E-state index in [2.05, 4.69) is 190 Å².